The quantitative estimate of drug-likeness (QED) is 0.500. The van der Waals surface area contributed by atoms with Crippen molar-refractivity contribution in [3.05, 3.63) is 0 Å². The van der Waals surface area contributed by atoms with Crippen LogP contribution in [0.1, 0.15) is 40.0 Å². The number of carboxylic acids is 1. The molecule has 0 fully saturated rings. The van der Waals surface area contributed by atoms with Crippen LogP contribution in [0.2, 0.25) is 0 Å². The summed E-state index contributed by atoms with van der Waals surface area (Å²) in [6, 6.07) is -1.03. The van der Waals surface area contributed by atoms with Gasteiger partial charge >= 0.3 is 12.0 Å². The van der Waals surface area contributed by atoms with Crippen molar-refractivity contribution < 1.29 is 19.5 Å². The Morgan fingerprint density at radius 1 is 1.15 bits per heavy atom. The topological polar surface area (TPSA) is 108 Å². The van der Waals surface area contributed by atoms with Crippen molar-refractivity contribution >= 4 is 17.9 Å². The second kappa shape index (κ2) is 10.1. The van der Waals surface area contributed by atoms with Crippen LogP contribution >= 0.6 is 0 Å². The molecule has 0 aromatic carbocycles. The average molecular weight is 287 g/mol. The molecular weight excluding hydrogens is 262 g/mol. The molecule has 7 heteroatoms. The molecular formula is C13H25N3O4. The lowest BCUT2D eigenvalue weighted by molar-refractivity contribution is -0.137. The predicted molar refractivity (Wildman–Crippen MR) is 75.3 cm³/mol. The Morgan fingerprint density at radius 2 is 1.80 bits per heavy atom. The Balaban J connectivity index is 3.86. The normalized spacial score (nSPS) is 13.2. The molecule has 0 aliphatic rings. The molecule has 0 rings (SSSR count). The Kier molecular flexibility index (Phi) is 9.15. The molecule has 0 saturated heterocycles. The largest absolute Gasteiger partial charge is 0.481 e. The fourth-order valence-corrected chi connectivity index (χ4v) is 1.45. The summed E-state index contributed by atoms with van der Waals surface area (Å²) in [6.45, 7) is 6.38. The smallest absolute Gasteiger partial charge is 0.315 e. The van der Waals surface area contributed by atoms with Crippen molar-refractivity contribution in [1.82, 2.24) is 16.0 Å². The molecule has 2 unspecified atom stereocenters. The van der Waals surface area contributed by atoms with E-state index in [4.69, 9.17) is 5.11 Å². The van der Waals surface area contributed by atoms with E-state index >= 15 is 0 Å². The van der Waals surface area contributed by atoms with Gasteiger partial charge in [-0.1, -0.05) is 13.8 Å². The van der Waals surface area contributed by atoms with Crippen LogP contribution in [-0.2, 0) is 9.59 Å². The third kappa shape index (κ3) is 9.18. The maximum absolute atomic E-state index is 11.6. The van der Waals surface area contributed by atoms with Gasteiger partial charge in [0.25, 0.3) is 0 Å². The fraction of sp³-hybridized carbons (Fsp3) is 0.769. The zero-order chi connectivity index (χ0) is 15.5. The molecule has 4 N–H and O–H groups in total. The summed E-state index contributed by atoms with van der Waals surface area (Å²) >= 11 is 0. The highest BCUT2D eigenvalue weighted by atomic mass is 16.4. The predicted octanol–water partition coefficient (Wildman–Crippen LogP) is 0.701. The third-order valence-corrected chi connectivity index (χ3v) is 2.75. The first-order chi connectivity index (χ1) is 9.36. The summed E-state index contributed by atoms with van der Waals surface area (Å²) in [5.74, 6) is -0.996. The van der Waals surface area contributed by atoms with E-state index in [0.29, 0.717) is 19.5 Å². The summed E-state index contributed by atoms with van der Waals surface area (Å²) < 4.78 is 0. The lowest BCUT2D eigenvalue weighted by atomic mass is 10.1. The third-order valence-electron chi connectivity index (χ3n) is 2.75. The van der Waals surface area contributed by atoms with E-state index in [-0.39, 0.29) is 18.2 Å². The first-order valence-electron chi connectivity index (χ1n) is 6.90. The number of urea groups is 1. The summed E-state index contributed by atoms with van der Waals surface area (Å²) in [5.41, 5.74) is 0. The van der Waals surface area contributed by atoms with Crippen molar-refractivity contribution in [2.24, 2.45) is 5.92 Å². The molecule has 0 aliphatic heterocycles. The molecule has 3 amide bonds. The van der Waals surface area contributed by atoms with Crippen LogP contribution in [0, 0.1) is 5.92 Å². The summed E-state index contributed by atoms with van der Waals surface area (Å²) in [5, 5.41) is 16.4. The van der Waals surface area contributed by atoms with Crippen LogP contribution in [0.5, 0.6) is 0 Å². The standard InChI is InChI=1S/C13H25N3O4/c1-4-7-14-12(19)10(3)16-13(20)15-8-9(2)5-6-11(17)18/h9-10H,4-8H2,1-3H3,(H,14,19)(H,17,18)(H2,15,16,20). The molecule has 0 radical (unpaired) electrons. The zero-order valence-electron chi connectivity index (χ0n) is 12.4. The van der Waals surface area contributed by atoms with E-state index < -0.39 is 18.0 Å². The fourth-order valence-electron chi connectivity index (χ4n) is 1.45. The summed E-state index contributed by atoms with van der Waals surface area (Å²) in [4.78, 5) is 33.5. The molecule has 2 atom stereocenters. The first kappa shape index (κ1) is 18.2. The van der Waals surface area contributed by atoms with Gasteiger partial charge in [0.1, 0.15) is 6.04 Å². The number of amides is 3. The van der Waals surface area contributed by atoms with Crippen molar-refractivity contribution in [1.29, 1.82) is 0 Å². The first-order valence-corrected chi connectivity index (χ1v) is 6.90. The summed E-state index contributed by atoms with van der Waals surface area (Å²) in [6.07, 6.45) is 1.42. The second-order valence-electron chi connectivity index (χ2n) is 4.90. The molecule has 7 nitrogen and oxygen atoms in total. The highest BCUT2D eigenvalue weighted by Crippen LogP contribution is 2.03. The van der Waals surface area contributed by atoms with Crippen molar-refractivity contribution in [2.45, 2.75) is 46.1 Å². The lowest BCUT2D eigenvalue weighted by Gasteiger charge is -2.16. The molecule has 0 aromatic heterocycles. The summed E-state index contributed by atoms with van der Waals surface area (Å²) in [7, 11) is 0. The molecule has 0 heterocycles. The Morgan fingerprint density at radius 3 is 2.35 bits per heavy atom. The highest BCUT2D eigenvalue weighted by Gasteiger charge is 2.15. The monoisotopic (exact) mass is 287 g/mol. The highest BCUT2D eigenvalue weighted by molar-refractivity contribution is 5.86. The van der Waals surface area contributed by atoms with E-state index in [2.05, 4.69) is 16.0 Å². The molecule has 116 valence electrons. The van der Waals surface area contributed by atoms with Gasteiger partial charge in [-0.25, -0.2) is 4.79 Å². The van der Waals surface area contributed by atoms with E-state index in [9.17, 15) is 14.4 Å². The average Bonchev–Trinajstić information content (AvgIpc) is 2.39. The van der Waals surface area contributed by atoms with Crippen LogP contribution in [0.4, 0.5) is 4.79 Å². The van der Waals surface area contributed by atoms with Gasteiger partial charge in [0.2, 0.25) is 5.91 Å². The Labute approximate surface area is 119 Å². The minimum Gasteiger partial charge on any atom is -0.481 e. The number of rotatable bonds is 9. The van der Waals surface area contributed by atoms with Crippen LogP contribution < -0.4 is 16.0 Å². The van der Waals surface area contributed by atoms with Crippen LogP contribution in [0.3, 0.4) is 0 Å². The van der Waals surface area contributed by atoms with Gasteiger partial charge in [-0.2, -0.15) is 0 Å². The van der Waals surface area contributed by atoms with Crippen molar-refractivity contribution in [3.63, 3.8) is 0 Å². The van der Waals surface area contributed by atoms with Gasteiger partial charge in [-0.15, -0.1) is 0 Å². The van der Waals surface area contributed by atoms with Gasteiger partial charge in [-0.3, -0.25) is 9.59 Å². The zero-order valence-corrected chi connectivity index (χ0v) is 12.4. The number of carbonyl (C=O) groups excluding carboxylic acids is 2. The SMILES string of the molecule is CCCNC(=O)C(C)NC(=O)NCC(C)CCC(=O)O. The maximum Gasteiger partial charge on any atom is 0.315 e. The molecule has 0 spiro atoms. The van der Waals surface area contributed by atoms with Crippen LogP contribution in [0.15, 0.2) is 0 Å². The molecule has 20 heavy (non-hydrogen) atoms. The van der Waals surface area contributed by atoms with Gasteiger partial charge < -0.3 is 21.1 Å². The lowest BCUT2D eigenvalue weighted by Crippen LogP contribution is -2.49. The number of carboxylic acid groups (broad SMARTS) is 1. The van der Waals surface area contributed by atoms with Gasteiger partial charge in [-0.05, 0) is 25.7 Å². The molecule has 0 saturated carbocycles. The molecule has 0 aromatic rings. The van der Waals surface area contributed by atoms with Crippen LogP contribution in [0.25, 0.3) is 0 Å². The number of carbonyl (C=O) groups is 3. The van der Waals surface area contributed by atoms with E-state index in [1.807, 2.05) is 13.8 Å². The Hall–Kier alpha value is -1.79. The second-order valence-corrected chi connectivity index (χ2v) is 4.90. The van der Waals surface area contributed by atoms with E-state index in [1.54, 1.807) is 6.92 Å². The number of hydrogen-bond donors (Lipinski definition) is 4. The van der Waals surface area contributed by atoms with E-state index in [0.717, 1.165) is 6.42 Å². The van der Waals surface area contributed by atoms with Gasteiger partial charge in [0, 0.05) is 19.5 Å². The number of nitrogens with one attached hydrogen (secondary N) is 3. The van der Waals surface area contributed by atoms with Crippen molar-refractivity contribution in [3.8, 4) is 0 Å². The molecule has 0 aliphatic carbocycles. The maximum atomic E-state index is 11.6. The van der Waals surface area contributed by atoms with Gasteiger partial charge in [0.15, 0.2) is 0 Å². The number of hydrogen-bond acceptors (Lipinski definition) is 3. The van der Waals surface area contributed by atoms with Gasteiger partial charge in [0.05, 0.1) is 0 Å². The van der Waals surface area contributed by atoms with E-state index in [1.165, 1.54) is 0 Å². The minimum atomic E-state index is -0.845. The molecule has 0 bridgehead atoms. The minimum absolute atomic E-state index is 0.0704. The number of aliphatic carboxylic acids is 1. The van der Waals surface area contributed by atoms with Crippen LogP contribution in [-0.4, -0.2) is 42.1 Å². The Bertz CT molecular complexity index is 334. The van der Waals surface area contributed by atoms with Crippen molar-refractivity contribution in [2.75, 3.05) is 13.1 Å².